The minimum atomic E-state index is 0.268. The highest BCUT2D eigenvalue weighted by molar-refractivity contribution is 5.40. The van der Waals surface area contributed by atoms with Crippen molar-refractivity contribution >= 4 is 0 Å². The van der Waals surface area contributed by atoms with Crippen molar-refractivity contribution in [3.8, 4) is 0 Å². The topological polar surface area (TPSA) is 26.0 Å². The molecule has 1 fully saturated rings. The van der Waals surface area contributed by atoms with Gasteiger partial charge in [0.15, 0.2) is 0 Å². The molecule has 2 N–H and O–H groups in total. The monoisotopic (exact) mass is 397 g/mol. The van der Waals surface area contributed by atoms with Crippen LogP contribution in [-0.4, -0.2) is 6.04 Å². The molecule has 0 radical (unpaired) electrons. The maximum atomic E-state index is 6.13. The second kappa shape index (κ2) is 11.9. The van der Waals surface area contributed by atoms with E-state index in [1.807, 2.05) is 0 Å². The lowest BCUT2D eigenvalue weighted by molar-refractivity contribution is 0.373. The van der Waals surface area contributed by atoms with Gasteiger partial charge in [-0.3, -0.25) is 0 Å². The third-order valence-corrected chi connectivity index (χ3v) is 7.39. The van der Waals surface area contributed by atoms with Crippen LogP contribution in [0.3, 0.4) is 0 Å². The lowest BCUT2D eigenvalue weighted by atomic mass is 9.67. The van der Waals surface area contributed by atoms with Crippen LogP contribution in [0.4, 0.5) is 0 Å². The van der Waals surface area contributed by atoms with Crippen molar-refractivity contribution in [2.75, 3.05) is 0 Å². The zero-order chi connectivity index (χ0) is 21.4. The molecule has 1 heteroatoms. The standard InChI is InChI=1S/C28H47N/c1-7-13-23(8-2)28(24(9-3)17-16-22(6)29)27-20(4)18-26(19-21(27)5)25-14-11-10-12-15-25/h7,9,13,18,21-23,25,28H,8,10-12,14-17,19,29H2,1-6H3/b13-7-,24-9+/t21-,22+,23?,28?/m0/s1. The van der Waals surface area contributed by atoms with E-state index in [1.165, 1.54) is 44.9 Å². The molecule has 2 unspecified atom stereocenters. The average Bonchev–Trinajstić information content (AvgIpc) is 2.71. The predicted molar refractivity (Wildman–Crippen MR) is 130 cm³/mol. The summed E-state index contributed by atoms with van der Waals surface area (Å²) in [6.07, 6.45) is 21.5. The van der Waals surface area contributed by atoms with Crippen molar-refractivity contribution in [3.63, 3.8) is 0 Å². The number of hydrogen-bond acceptors (Lipinski definition) is 1. The van der Waals surface area contributed by atoms with Gasteiger partial charge in [0.1, 0.15) is 0 Å². The van der Waals surface area contributed by atoms with E-state index >= 15 is 0 Å². The molecule has 0 heterocycles. The Hall–Kier alpha value is -1.08. The van der Waals surface area contributed by atoms with Crippen molar-refractivity contribution in [2.45, 2.75) is 105 Å². The van der Waals surface area contributed by atoms with Gasteiger partial charge in [-0.2, -0.15) is 0 Å². The summed E-state index contributed by atoms with van der Waals surface area (Å²) < 4.78 is 0. The Labute approximate surface area is 181 Å². The Morgan fingerprint density at radius 1 is 1.21 bits per heavy atom. The van der Waals surface area contributed by atoms with Gasteiger partial charge in [0.2, 0.25) is 0 Å². The van der Waals surface area contributed by atoms with Gasteiger partial charge >= 0.3 is 0 Å². The Balaban J connectivity index is 2.42. The maximum Gasteiger partial charge on any atom is 0.00781 e. The second-order valence-corrected chi connectivity index (χ2v) is 9.75. The van der Waals surface area contributed by atoms with Gasteiger partial charge in [-0.1, -0.05) is 79.7 Å². The maximum absolute atomic E-state index is 6.13. The van der Waals surface area contributed by atoms with Crippen LogP contribution in [0.2, 0.25) is 0 Å². The molecule has 0 spiro atoms. The third-order valence-electron chi connectivity index (χ3n) is 7.39. The van der Waals surface area contributed by atoms with Crippen LogP contribution in [0.1, 0.15) is 99.3 Å². The molecule has 0 amide bonds. The molecule has 1 nitrogen and oxygen atoms in total. The molecular formula is C28H47N. The van der Waals surface area contributed by atoms with Gasteiger partial charge < -0.3 is 5.73 Å². The summed E-state index contributed by atoms with van der Waals surface area (Å²) in [5.74, 6) is 2.60. The number of hydrogen-bond donors (Lipinski definition) is 1. The lowest BCUT2D eigenvalue weighted by Gasteiger charge is -2.38. The molecule has 0 aromatic carbocycles. The summed E-state index contributed by atoms with van der Waals surface area (Å²) in [5, 5.41) is 0. The quantitative estimate of drug-likeness (QED) is 0.390. The molecule has 0 aliphatic heterocycles. The van der Waals surface area contributed by atoms with Crippen LogP contribution in [0.15, 0.2) is 46.6 Å². The van der Waals surface area contributed by atoms with Gasteiger partial charge in [0.05, 0.1) is 0 Å². The van der Waals surface area contributed by atoms with Gasteiger partial charge in [-0.25, -0.2) is 0 Å². The molecule has 0 bridgehead atoms. The minimum absolute atomic E-state index is 0.268. The minimum Gasteiger partial charge on any atom is -0.328 e. The number of nitrogens with two attached hydrogens (primary N) is 1. The molecule has 0 aromatic rings. The molecule has 164 valence electrons. The molecule has 2 rings (SSSR count). The van der Waals surface area contributed by atoms with Gasteiger partial charge in [-0.05, 0) is 84.0 Å². The molecule has 2 aliphatic carbocycles. The van der Waals surface area contributed by atoms with Crippen molar-refractivity contribution < 1.29 is 0 Å². The van der Waals surface area contributed by atoms with Crippen molar-refractivity contribution in [1.29, 1.82) is 0 Å². The first-order valence-electron chi connectivity index (χ1n) is 12.4. The lowest BCUT2D eigenvalue weighted by Crippen LogP contribution is -2.26. The Morgan fingerprint density at radius 3 is 2.41 bits per heavy atom. The molecule has 1 saturated carbocycles. The van der Waals surface area contributed by atoms with Gasteiger partial charge in [0, 0.05) is 12.0 Å². The molecule has 29 heavy (non-hydrogen) atoms. The van der Waals surface area contributed by atoms with Crippen molar-refractivity contribution in [3.05, 3.63) is 46.6 Å². The summed E-state index contributed by atoms with van der Waals surface area (Å²) in [5.41, 5.74) is 12.7. The first-order valence-corrected chi connectivity index (χ1v) is 12.4. The fourth-order valence-corrected chi connectivity index (χ4v) is 5.89. The Bertz CT molecular complexity index is 625. The van der Waals surface area contributed by atoms with Gasteiger partial charge in [0.25, 0.3) is 0 Å². The second-order valence-electron chi connectivity index (χ2n) is 9.75. The summed E-state index contributed by atoms with van der Waals surface area (Å²) in [4.78, 5) is 0. The summed E-state index contributed by atoms with van der Waals surface area (Å²) >= 11 is 0. The van der Waals surface area contributed by atoms with Crippen LogP contribution < -0.4 is 5.73 Å². The summed E-state index contributed by atoms with van der Waals surface area (Å²) in [6, 6.07) is 0.268. The van der Waals surface area contributed by atoms with E-state index in [9.17, 15) is 0 Å². The highest BCUT2D eigenvalue weighted by atomic mass is 14.6. The van der Waals surface area contributed by atoms with E-state index in [2.05, 4.69) is 65.8 Å². The zero-order valence-corrected chi connectivity index (χ0v) is 20.1. The number of allylic oxidation sites excluding steroid dienone is 8. The van der Waals surface area contributed by atoms with Crippen LogP contribution in [-0.2, 0) is 0 Å². The first-order chi connectivity index (χ1) is 13.9. The third kappa shape index (κ3) is 6.45. The molecule has 0 saturated heterocycles. The van der Waals surface area contributed by atoms with Crippen LogP contribution >= 0.6 is 0 Å². The van der Waals surface area contributed by atoms with E-state index in [0.29, 0.717) is 17.8 Å². The Morgan fingerprint density at radius 2 is 1.90 bits per heavy atom. The van der Waals surface area contributed by atoms with Gasteiger partial charge in [-0.15, -0.1) is 0 Å². The SMILES string of the molecule is C/C=C\C(CC)C(C1=C(C)C=C(C2CCCCC2)C[C@@H]1C)/C(=C/C)CC[C@@H](C)N. The van der Waals surface area contributed by atoms with Crippen molar-refractivity contribution in [2.24, 2.45) is 29.4 Å². The fraction of sp³-hybridized carbons (Fsp3) is 0.714. The number of rotatable bonds is 9. The van der Waals surface area contributed by atoms with E-state index in [4.69, 9.17) is 5.73 Å². The molecule has 2 aliphatic rings. The van der Waals surface area contributed by atoms with E-state index in [0.717, 1.165) is 18.8 Å². The highest BCUT2D eigenvalue weighted by Crippen LogP contribution is 2.46. The normalized spacial score (nSPS) is 25.3. The summed E-state index contributed by atoms with van der Waals surface area (Å²) in [7, 11) is 0. The van der Waals surface area contributed by atoms with Crippen molar-refractivity contribution in [1.82, 2.24) is 0 Å². The fourth-order valence-electron chi connectivity index (χ4n) is 5.89. The molecule has 4 atom stereocenters. The first kappa shape index (κ1) is 24.2. The van der Waals surface area contributed by atoms with E-state index < -0.39 is 0 Å². The van der Waals surface area contributed by atoms with Crippen LogP contribution in [0, 0.1) is 23.7 Å². The zero-order valence-electron chi connectivity index (χ0n) is 20.1. The summed E-state index contributed by atoms with van der Waals surface area (Å²) in [6.45, 7) is 13.8. The average molecular weight is 398 g/mol. The van der Waals surface area contributed by atoms with E-state index in [1.54, 1.807) is 22.3 Å². The predicted octanol–water partition coefficient (Wildman–Crippen LogP) is 8.14. The molecule has 0 aromatic heterocycles. The molecular weight excluding hydrogens is 350 g/mol. The van der Waals surface area contributed by atoms with E-state index in [-0.39, 0.29) is 6.04 Å². The highest BCUT2D eigenvalue weighted by Gasteiger charge is 2.33. The largest absolute Gasteiger partial charge is 0.328 e. The smallest absolute Gasteiger partial charge is 0.00781 e. The van der Waals surface area contributed by atoms with Crippen LogP contribution in [0.5, 0.6) is 0 Å². The Kier molecular flexibility index (Phi) is 9.96. The van der Waals surface area contributed by atoms with Crippen LogP contribution in [0.25, 0.3) is 0 Å².